The van der Waals surface area contributed by atoms with Crippen molar-refractivity contribution in [3.05, 3.63) is 71.3 Å². The van der Waals surface area contributed by atoms with E-state index < -0.39 is 0 Å². The highest BCUT2D eigenvalue weighted by molar-refractivity contribution is 5.54. The van der Waals surface area contributed by atoms with Gasteiger partial charge < -0.3 is 19.7 Å². The van der Waals surface area contributed by atoms with Crippen molar-refractivity contribution in [1.29, 1.82) is 0 Å². The van der Waals surface area contributed by atoms with Crippen molar-refractivity contribution >= 4 is 0 Å². The van der Waals surface area contributed by atoms with E-state index in [4.69, 9.17) is 9.05 Å². The number of benzene rings is 2. The van der Waals surface area contributed by atoms with Gasteiger partial charge in [0.05, 0.1) is 12.1 Å². The fourth-order valence-corrected chi connectivity index (χ4v) is 5.07. The maximum Gasteiger partial charge on any atom is 0.257 e. The molecule has 2 fully saturated rings. The van der Waals surface area contributed by atoms with E-state index in [2.05, 4.69) is 92.7 Å². The molecule has 6 rings (SSSR count). The third kappa shape index (κ3) is 7.00. The Labute approximate surface area is 236 Å². The van der Waals surface area contributed by atoms with E-state index in [0.29, 0.717) is 11.8 Å². The lowest BCUT2D eigenvalue weighted by Gasteiger charge is -2.30. The Morgan fingerprint density at radius 1 is 0.650 bits per heavy atom. The minimum atomic E-state index is 0.194. The summed E-state index contributed by atoms with van der Waals surface area (Å²) >= 11 is 0. The molecule has 10 heteroatoms. The van der Waals surface area contributed by atoms with E-state index in [9.17, 15) is 0 Å². The molecular formula is C30H40N8O2. The number of aryl methyl sites for hydroxylation is 2. The summed E-state index contributed by atoms with van der Waals surface area (Å²) in [5.74, 6) is 2.74. The number of nitrogens with one attached hydrogen (secondary N) is 2. The van der Waals surface area contributed by atoms with Crippen LogP contribution >= 0.6 is 0 Å². The van der Waals surface area contributed by atoms with Crippen molar-refractivity contribution in [2.45, 2.75) is 39.8 Å². The highest BCUT2D eigenvalue weighted by Crippen LogP contribution is 2.24. The summed E-state index contributed by atoms with van der Waals surface area (Å²) in [6.45, 7) is 16.6. The molecule has 2 aromatic carbocycles. The molecule has 2 aliphatic heterocycles. The second-order valence-corrected chi connectivity index (χ2v) is 10.6. The Morgan fingerprint density at radius 2 is 1.05 bits per heavy atom. The third-order valence-electron chi connectivity index (χ3n) is 7.56. The largest absolute Gasteiger partial charge is 0.334 e. The second-order valence-electron chi connectivity index (χ2n) is 10.6. The van der Waals surface area contributed by atoms with Crippen LogP contribution in [0, 0.1) is 13.8 Å². The maximum atomic E-state index is 5.41. The molecule has 2 N–H and O–H groups in total. The number of hydrogen-bond donors (Lipinski definition) is 2. The topological polar surface area (TPSA) is 108 Å². The van der Waals surface area contributed by atoms with Crippen LogP contribution < -0.4 is 10.6 Å². The zero-order valence-corrected chi connectivity index (χ0v) is 23.9. The van der Waals surface area contributed by atoms with E-state index in [1.54, 1.807) is 0 Å². The van der Waals surface area contributed by atoms with Gasteiger partial charge >= 0.3 is 0 Å². The molecule has 0 radical (unpaired) electrons. The van der Waals surface area contributed by atoms with Crippen LogP contribution in [-0.4, -0.2) is 82.4 Å². The van der Waals surface area contributed by atoms with Crippen LogP contribution in [0.25, 0.3) is 22.9 Å². The Kier molecular flexibility index (Phi) is 9.33. The first kappa shape index (κ1) is 28.1. The van der Waals surface area contributed by atoms with Crippen molar-refractivity contribution in [2.24, 2.45) is 0 Å². The average Bonchev–Trinajstić information content (AvgIpc) is 3.69. The minimum absolute atomic E-state index is 0.194. The maximum absolute atomic E-state index is 5.41. The van der Waals surface area contributed by atoms with Gasteiger partial charge in [-0.05, 0) is 52.0 Å². The quantitative estimate of drug-likeness (QED) is 0.369. The number of piperazine rings is 2. The van der Waals surface area contributed by atoms with Gasteiger partial charge in [-0.15, -0.1) is 0 Å². The first-order chi connectivity index (χ1) is 19.5. The molecule has 10 nitrogen and oxygen atoms in total. The van der Waals surface area contributed by atoms with Gasteiger partial charge in [0.15, 0.2) is 11.6 Å². The smallest absolute Gasteiger partial charge is 0.257 e. The fourth-order valence-electron chi connectivity index (χ4n) is 5.07. The fraction of sp³-hybridized carbons (Fsp3) is 0.467. The minimum Gasteiger partial charge on any atom is -0.334 e. The van der Waals surface area contributed by atoms with Crippen LogP contribution in [0.5, 0.6) is 0 Å². The second kappa shape index (κ2) is 13.3. The first-order valence-electron chi connectivity index (χ1n) is 14.2. The van der Waals surface area contributed by atoms with Crippen molar-refractivity contribution in [3.8, 4) is 22.9 Å². The summed E-state index contributed by atoms with van der Waals surface area (Å²) in [7, 11) is 0. The number of nitrogens with zero attached hydrogens (tertiary/aromatic N) is 6. The zero-order valence-electron chi connectivity index (χ0n) is 23.9. The van der Waals surface area contributed by atoms with E-state index in [-0.39, 0.29) is 12.1 Å². The van der Waals surface area contributed by atoms with E-state index in [1.165, 1.54) is 11.1 Å². The van der Waals surface area contributed by atoms with Gasteiger partial charge in [-0.3, -0.25) is 9.80 Å². The lowest BCUT2D eigenvalue weighted by molar-refractivity contribution is 0.176. The summed E-state index contributed by atoms with van der Waals surface area (Å²) in [4.78, 5) is 13.9. The summed E-state index contributed by atoms with van der Waals surface area (Å²) in [5, 5.41) is 15.0. The van der Waals surface area contributed by atoms with Crippen molar-refractivity contribution in [3.63, 3.8) is 0 Å². The van der Waals surface area contributed by atoms with E-state index >= 15 is 0 Å². The highest BCUT2D eigenvalue weighted by Gasteiger charge is 2.24. The van der Waals surface area contributed by atoms with Crippen molar-refractivity contribution in [1.82, 2.24) is 40.7 Å². The predicted octanol–water partition coefficient (Wildman–Crippen LogP) is 4.02. The molecule has 0 spiro atoms. The van der Waals surface area contributed by atoms with Crippen molar-refractivity contribution in [2.75, 3.05) is 52.4 Å². The SMILES string of the molecule is Cc1cccc(-c2nc([C@@H](C)N3CCNCC3)no2)c1.Cc1cccc(-c2nc([C@H](C)N3CCNCC3)no2)c1. The molecule has 212 valence electrons. The van der Waals surface area contributed by atoms with Gasteiger partial charge in [-0.1, -0.05) is 45.7 Å². The molecule has 0 aliphatic carbocycles. The molecule has 0 unspecified atom stereocenters. The van der Waals surface area contributed by atoms with E-state index in [1.807, 2.05) is 24.3 Å². The van der Waals surface area contributed by atoms with Crippen LogP contribution in [0.3, 0.4) is 0 Å². The molecule has 0 bridgehead atoms. The molecule has 2 saturated heterocycles. The Bertz CT molecular complexity index is 1250. The van der Waals surface area contributed by atoms with Crippen LogP contribution in [0.15, 0.2) is 57.6 Å². The standard InChI is InChI=1S/2C15H20N4O/c2*1-11-4-3-5-13(10-11)15-17-14(18-20-15)12(2)19-8-6-16-7-9-19/h2*3-5,10,12,16H,6-9H2,1-2H3/t2*12-/m10/s1. The molecule has 2 aliphatic rings. The molecular weight excluding hydrogens is 504 g/mol. The Balaban J connectivity index is 0.000000161. The molecule has 4 aromatic rings. The number of aromatic nitrogens is 4. The average molecular weight is 545 g/mol. The lowest BCUT2D eigenvalue weighted by atomic mass is 10.1. The zero-order chi connectivity index (χ0) is 27.9. The van der Waals surface area contributed by atoms with Gasteiger partial charge in [-0.25, -0.2) is 0 Å². The van der Waals surface area contributed by atoms with Crippen LogP contribution in [-0.2, 0) is 0 Å². The Hall–Kier alpha value is -3.44. The van der Waals surface area contributed by atoms with Gasteiger partial charge in [0.25, 0.3) is 11.8 Å². The summed E-state index contributed by atoms with van der Waals surface area (Å²) < 4.78 is 10.8. The molecule has 4 heterocycles. The third-order valence-corrected chi connectivity index (χ3v) is 7.56. The Morgan fingerprint density at radius 3 is 1.43 bits per heavy atom. The van der Waals surface area contributed by atoms with Gasteiger partial charge in [-0.2, -0.15) is 9.97 Å². The number of hydrogen-bond acceptors (Lipinski definition) is 10. The van der Waals surface area contributed by atoms with Crippen LogP contribution in [0.4, 0.5) is 0 Å². The van der Waals surface area contributed by atoms with Gasteiger partial charge in [0.2, 0.25) is 0 Å². The molecule has 0 saturated carbocycles. The van der Waals surface area contributed by atoms with E-state index in [0.717, 1.165) is 75.1 Å². The number of rotatable bonds is 6. The van der Waals surface area contributed by atoms with Crippen LogP contribution in [0.1, 0.15) is 48.7 Å². The molecule has 2 aromatic heterocycles. The lowest BCUT2D eigenvalue weighted by Crippen LogP contribution is -2.44. The van der Waals surface area contributed by atoms with Crippen molar-refractivity contribution < 1.29 is 9.05 Å². The van der Waals surface area contributed by atoms with Crippen LogP contribution in [0.2, 0.25) is 0 Å². The highest BCUT2D eigenvalue weighted by atomic mass is 16.5. The molecule has 2 atom stereocenters. The molecule has 0 amide bonds. The summed E-state index contributed by atoms with van der Waals surface area (Å²) in [6.07, 6.45) is 0. The van der Waals surface area contributed by atoms with Gasteiger partial charge in [0, 0.05) is 63.5 Å². The monoisotopic (exact) mass is 544 g/mol. The predicted molar refractivity (Wildman–Crippen MR) is 155 cm³/mol. The van der Waals surface area contributed by atoms with Gasteiger partial charge in [0.1, 0.15) is 0 Å². The molecule has 40 heavy (non-hydrogen) atoms. The first-order valence-corrected chi connectivity index (χ1v) is 14.2. The summed E-state index contributed by atoms with van der Waals surface area (Å²) in [5.41, 5.74) is 4.35. The normalized spacial score (nSPS) is 18.1. The summed E-state index contributed by atoms with van der Waals surface area (Å²) in [6, 6.07) is 16.6.